The van der Waals surface area contributed by atoms with Crippen molar-refractivity contribution in [2.45, 2.75) is 38.8 Å². The van der Waals surface area contributed by atoms with Crippen LogP contribution in [0, 0.1) is 0 Å². The molecule has 2 aliphatic heterocycles. The summed E-state index contributed by atoms with van der Waals surface area (Å²) in [5.41, 5.74) is -0.342. The Labute approximate surface area is 222 Å². The van der Waals surface area contributed by atoms with Gasteiger partial charge in [-0.25, -0.2) is 0 Å². The second kappa shape index (κ2) is 9.93. The SMILES string of the molecule is CC(C)(C(=O)C1=CC(=O)C(=O)c2c1ccc1ccc(C(=O)C(C)(C)N3CCOCC3)cc21)N1CCOCC1. The first-order chi connectivity index (χ1) is 18.0. The fourth-order valence-corrected chi connectivity index (χ4v) is 5.73. The number of hydrogen-bond donors (Lipinski definition) is 0. The van der Waals surface area contributed by atoms with Crippen LogP contribution in [0.5, 0.6) is 0 Å². The van der Waals surface area contributed by atoms with Crippen molar-refractivity contribution in [2.75, 3.05) is 52.6 Å². The lowest BCUT2D eigenvalue weighted by Crippen LogP contribution is -2.54. The Hall–Kier alpha value is -3.04. The van der Waals surface area contributed by atoms with E-state index >= 15 is 0 Å². The van der Waals surface area contributed by atoms with Crippen molar-refractivity contribution < 1.29 is 28.7 Å². The van der Waals surface area contributed by atoms with Crippen LogP contribution >= 0.6 is 0 Å². The molecule has 0 N–H and O–H groups in total. The number of Topliss-reactive ketones (excluding diaryl/α,β-unsaturated/α-hetero) is 3. The summed E-state index contributed by atoms with van der Waals surface area (Å²) >= 11 is 0. The predicted octanol–water partition coefficient (Wildman–Crippen LogP) is 2.96. The fourth-order valence-electron chi connectivity index (χ4n) is 5.73. The monoisotopic (exact) mass is 518 g/mol. The minimum atomic E-state index is -0.886. The lowest BCUT2D eigenvalue weighted by atomic mass is 9.79. The molecule has 38 heavy (non-hydrogen) atoms. The van der Waals surface area contributed by atoms with Crippen LogP contribution in [0.15, 0.2) is 36.4 Å². The second-order valence-corrected chi connectivity index (χ2v) is 11.2. The first-order valence-corrected chi connectivity index (χ1v) is 13.2. The van der Waals surface area contributed by atoms with E-state index in [2.05, 4.69) is 4.90 Å². The second-order valence-electron chi connectivity index (χ2n) is 11.2. The van der Waals surface area contributed by atoms with Crippen molar-refractivity contribution in [3.8, 4) is 0 Å². The zero-order valence-corrected chi connectivity index (χ0v) is 22.5. The molecule has 0 saturated carbocycles. The highest BCUT2D eigenvalue weighted by Crippen LogP contribution is 2.36. The highest BCUT2D eigenvalue weighted by atomic mass is 16.5. The maximum absolute atomic E-state index is 13.9. The largest absolute Gasteiger partial charge is 0.379 e. The number of allylic oxidation sites excluding steroid dienone is 1. The number of benzene rings is 2. The van der Waals surface area contributed by atoms with Gasteiger partial charge in [0.1, 0.15) is 0 Å². The van der Waals surface area contributed by atoms with Gasteiger partial charge >= 0.3 is 0 Å². The van der Waals surface area contributed by atoms with Gasteiger partial charge in [0, 0.05) is 49.0 Å². The van der Waals surface area contributed by atoms with E-state index in [4.69, 9.17) is 9.47 Å². The molecule has 0 aromatic heterocycles. The number of carbonyl (C=O) groups excluding carboxylic acids is 4. The van der Waals surface area contributed by atoms with Crippen LogP contribution in [0.3, 0.4) is 0 Å². The first kappa shape index (κ1) is 26.6. The van der Waals surface area contributed by atoms with E-state index in [0.29, 0.717) is 69.1 Å². The van der Waals surface area contributed by atoms with Gasteiger partial charge in [0.2, 0.25) is 11.6 Å². The molecule has 0 unspecified atom stereocenters. The average molecular weight is 519 g/mol. The van der Waals surface area contributed by atoms with Gasteiger partial charge < -0.3 is 9.47 Å². The molecule has 0 spiro atoms. The molecular formula is C30H34N2O6. The van der Waals surface area contributed by atoms with E-state index in [1.807, 2.05) is 38.7 Å². The third kappa shape index (κ3) is 4.45. The van der Waals surface area contributed by atoms with Crippen LogP contribution in [0.4, 0.5) is 0 Å². The summed E-state index contributed by atoms with van der Waals surface area (Å²) in [7, 11) is 0. The summed E-state index contributed by atoms with van der Waals surface area (Å²) in [6, 6.07) is 8.83. The Morgan fingerprint density at radius 1 is 0.763 bits per heavy atom. The first-order valence-electron chi connectivity index (χ1n) is 13.2. The van der Waals surface area contributed by atoms with Crippen molar-refractivity contribution in [1.82, 2.24) is 9.80 Å². The molecule has 0 atom stereocenters. The molecule has 200 valence electrons. The zero-order chi connectivity index (χ0) is 27.2. The Morgan fingerprint density at radius 3 is 1.87 bits per heavy atom. The highest BCUT2D eigenvalue weighted by molar-refractivity contribution is 6.55. The van der Waals surface area contributed by atoms with E-state index in [0.717, 1.165) is 5.39 Å². The lowest BCUT2D eigenvalue weighted by Gasteiger charge is -2.40. The standard InChI is InChI=1S/C30H34N2O6/c1-29(2,31-9-13-37-14-10-31)27(35)20-6-5-19-7-8-21-23(18-24(33)26(34)25(21)22(19)17-20)28(36)30(3,4)32-11-15-38-16-12-32/h5-8,17-18H,9-16H2,1-4H3. The summed E-state index contributed by atoms with van der Waals surface area (Å²) in [6.45, 7) is 12.2. The van der Waals surface area contributed by atoms with Gasteiger partial charge in [-0.05, 0) is 50.1 Å². The minimum Gasteiger partial charge on any atom is -0.379 e. The number of carbonyl (C=O) groups is 4. The zero-order valence-electron chi connectivity index (χ0n) is 22.5. The minimum absolute atomic E-state index is 0.0752. The summed E-state index contributed by atoms with van der Waals surface area (Å²) in [4.78, 5) is 57.8. The summed E-state index contributed by atoms with van der Waals surface area (Å²) < 4.78 is 10.9. The predicted molar refractivity (Wildman–Crippen MR) is 144 cm³/mol. The van der Waals surface area contributed by atoms with E-state index in [-0.39, 0.29) is 22.7 Å². The molecule has 8 heteroatoms. The molecule has 2 aromatic carbocycles. The van der Waals surface area contributed by atoms with Crippen molar-refractivity contribution in [3.63, 3.8) is 0 Å². The number of rotatable bonds is 6. The van der Waals surface area contributed by atoms with Gasteiger partial charge in [0.15, 0.2) is 11.6 Å². The van der Waals surface area contributed by atoms with E-state index in [1.54, 1.807) is 24.3 Å². The van der Waals surface area contributed by atoms with E-state index in [1.165, 1.54) is 6.08 Å². The molecule has 3 aliphatic rings. The molecule has 0 radical (unpaired) electrons. The molecule has 2 saturated heterocycles. The molecular weight excluding hydrogens is 484 g/mol. The molecule has 2 heterocycles. The van der Waals surface area contributed by atoms with Crippen LogP contribution in [0.2, 0.25) is 0 Å². The molecule has 2 aromatic rings. The average Bonchev–Trinajstić information content (AvgIpc) is 2.94. The molecule has 0 bridgehead atoms. The molecule has 1 aliphatic carbocycles. The van der Waals surface area contributed by atoms with E-state index < -0.39 is 22.6 Å². The maximum atomic E-state index is 13.9. The van der Waals surface area contributed by atoms with Crippen molar-refractivity contribution in [1.29, 1.82) is 0 Å². The molecule has 5 rings (SSSR count). The third-order valence-electron chi connectivity index (χ3n) is 8.26. The number of hydrogen-bond acceptors (Lipinski definition) is 8. The van der Waals surface area contributed by atoms with Gasteiger partial charge in [-0.1, -0.05) is 24.3 Å². The quantitative estimate of drug-likeness (QED) is 0.426. The maximum Gasteiger partial charge on any atom is 0.234 e. The summed E-state index contributed by atoms with van der Waals surface area (Å²) in [5.74, 6) is -1.69. The van der Waals surface area contributed by atoms with Gasteiger partial charge in [-0.15, -0.1) is 0 Å². The van der Waals surface area contributed by atoms with Crippen molar-refractivity contribution in [2.24, 2.45) is 0 Å². The fraction of sp³-hybridized carbons (Fsp3) is 0.467. The van der Waals surface area contributed by atoms with Crippen LogP contribution in [-0.4, -0.2) is 96.6 Å². The Balaban J connectivity index is 1.57. The van der Waals surface area contributed by atoms with Gasteiger partial charge in [0.25, 0.3) is 0 Å². The van der Waals surface area contributed by atoms with Crippen LogP contribution < -0.4 is 0 Å². The summed E-state index contributed by atoms with van der Waals surface area (Å²) in [5, 5.41) is 1.24. The van der Waals surface area contributed by atoms with Crippen LogP contribution in [0.25, 0.3) is 16.3 Å². The van der Waals surface area contributed by atoms with Crippen LogP contribution in [-0.2, 0) is 19.1 Å². The van der Waals surface area contributed by atoms with Gasteiger partial charge in [-0.3, -0.25) is 29.0 Å². The van der Waals surface area contributed by atoms with Crippen molar-refractivity contribution >= 4 is 39.5 Å². The smallest absolute Gasteiger partial charge is 0.234 e. The van der Waals surface area contributed by atoms with Crippen molar-refractivity contribution in [3.05, 3.63) is 53.1 Å². The molecule has 0 amide bonds. The number of ether oxygens (including phenoxy) is 2. The highest BCUT2D eigenvalue weighted by Gasteiger charge is 2.41. The Morgan fingerprint density at radius 2 is 1.29 bits per heavy atom. The normalized spacial score (nSPS) is 19.8. The lowest BCUT2D eigenvalue weighted by molar-refractivity contribution is -0.126. The van der Waals surface area contributed by atoms with Gasteiger partial charge in [-0.2, -0.15) is 0 Å². The number of morpholine rings is 2. The van der Waals surface area contributed by atoms with Crippen LogP contribution in [0.1, 0.15) is 54.0 Å². The molecule has 2 fully saturated rings. The Bertz CT molecular complexity index is 1360. The summed E-state index contributed by atoms with van der Waals surface area (Å²) in [6.07, 6.45) is 1.18. The topological polar surface area (TPSA) is 93.2 Å². The Kier molecular flexibility index (Phi) is 6.94. The van der Waals surface area contributed by atoms with Gasteiger partial charge in [0.05, 0.1) is 37.5 Å². The number of fused-ring (bicyclic) bond motifs is 3. The van der Waals surface area contributed by atoms with E-state index in [9.17, 15) is 19.2 Å². The molecule has 8 nitrogen and oxygen atoms in total. The third-order valence-corrected chi connectivity index (χ3v) is 8.26. The number of ketones is 4. The number of nitrogens with zero attached hydrogens (tertiary/aromatic N) is 2.